The van der Waals surface area contributed by atoms with Gasteiger partial charge < -0.3 is 24.8 Å². The molecule has 0 radical (unpaired) electrons. The van der Waals surface area contributed by atoms with Crippen LogP contribution in [0.15, 0.2) is 12.2 Å². The Bertz CT molecular complexity index is 387. The molecule has 4 atom stereocenters. The molecule has 172 valence electrons. The van der Waals surface area contributed by atoms with Gasteiger partial charge in [0.05, 0.1) is 13.2 Å². The zero-order valence-electron chi connectivity index (χ0n) is 18.6. The molecule has 5 heteroatoms. The minimum atomic E-state index is -1.01. The number of rotatable bonds is 19. The van der Waals surface area contributed by atoms with Crippen LogP contribution >= 0.6 is 0 Å². The van der Waals surface area contributed by atoms with Crippen molar-refractivity contribution >= 4 is 0 Å². The summed E-state index contributed by atoms with van der Waals surface area (Å²) < 4.78 is 11.0. The fraction of sp³-hybridized carbons (Fsp3) is 0.917. The predicted octanol–water partition coefficient (Wildman–Crippen LogP) is 4.52. The molecule has 0 amide bonds. The molecule has 1 fully saturated rings. The number of hydrogen-bond donors (Lipinski definition) is 3. The van der Waals surface area contributed by atoms with Crippen LogP contribution < -0.4 is 0 Å². The van der Waals surface area contributed by atoms with Crippen molar-refractivity contribution in [1.29, 1.82) is 0 Å². The van der Waals surface area contributed by atoms with Crippen LogP contribution in [0.4, 0.5) is 0 Å². The van der Waals surface area contributed by atoms with Crippen LogP contribution in [0.3, 0.4) is 0 Å². The monoisotopic (exact) mass is 414 g/mol. The van der Waals surface area contributed by atoms with Crippen LogP contribution in [0.1, 0.15) is 96.8 Å². The minimum Gasteiger partial charge on any atom is -0.394 e. The summed E-state index contributed by atoms with van der Waals surface area (Å²) in [7, 11) is 0. The van der Waals surface area contributed by atoms with Gasteiger partial charge in [-0.2, -0.15) is 0 Å². The normalized spacial score (nSPS) is 23.2. The molecule has 0 aliphatic carbocycles. The van der Waals surface area contributed by atoms with Gasteiger partial charge in [-0.15, -0.1) is 0 Å². The second-order valence-corrected chi connectivity index (χ2v) is 8.39. The third kappa shape index (κ3) is 12.7. The highest BCUT2D eigenvalue weighted by Crippen LogP contribution is 2.21. The van der Waals surface area contributed by atoms with E-state index in [0.717, 1.165) is 19.3 Å². The van der Waals surface area contributed by atoms with E-state index < -0.39 is 24.4 Å². The average molecular weight is 415 g/mol. The molecule has 1 rings (SSSR count). The Morgan fingerprint density at radius 2 is 1.45 bits per heavy atom. The smallest absolute Gasteiger partial charge is 0.114 e. The minimum absolute atomic E-state index is 0.144. The summed E-state index contributed by atoms with van der Waals surface area (Å²) in [4.78, 5) is 0. The van der Waals surface area contributed by atoms with Crippen LogP contribution in [0.25, 0.3) is 0 Å². The first-order chi connectivity index (χ1) is 14.2. The fourth-order valence-electron chi connectivity index (χ4n) is 3.84. The van der Waals surface area contributed by atoms with Gasteiger partial charge in [0.1, 0.15) is 24.4 Å². The number of aliphatic hydroxyl groups is 3. The van der Waals surface area contributed by atoms with E-state index in [-0.39, 0.29) is 13.2 Å². The molecule has 0 unspecified atom stereocenters. The van der Waals surface area contributed by atoms with Crippen LogP contribution in [-0.2, 0) is 9.47 Å². The van der Waals surface area contributed by atoms with Crippen LogP contribution in [0.2, 0.25) is 0 Å². The average Bonchev–Trinajstić information content (AvgIpc) is 3.10. The summed E-state index contributed by atoms with van der Waals surface area (Å²) in [5, 5.41) is 28.6. The zero-order valence-corrected chi connectivity index (χ0v) is 18.6. The van der Waals surface area contributed by atoms with Gasteiger partial charge >= 0.3 is 0 Å². The lowest BCUT2D eigenvalue weighted by molar-refractivity contribution is -0.0935. The largest absolute Gasteiger partial charge is 0.394 e. The molecule has 5 nitrogen and oxygen atoms in total. The predicted molar refractivity (Wildman–Crippen MR) is 118 cm³/mol. The third-order valence-corrected chi connectivity index (χ3v) is 5.70. The van der Waals surface area contributed by atoms with Crippen LogP contribution in [0.5, 0.6) is 0 Å². The van der Waals surface area contributed by atoms with Crippen molar-refractivity contribution in [3.63, 3.8) is 0 Å². The van der Waals surface area contributed by atoms with Crippen molar-refractivity contribution in [2.24, 2.45) is 0 Å². The van der Waals surface area contributed by atoms with E-state index in [2.05, 4.69) is 19.1 Å². The SMILES string of the molecule is CCCCCCCCCCCCC/C=C/CCCO[C@@H]1[C@H]([C@@H](O)CO)OC[C@H]1O. The number of ether oxygens (including phenoxy) is 2. The second-order valence-electron chi connectivity index (χ2n) is 8.39. The lowest BCUT2D eigenvalue weighted by Gasteiger charge is -2.23. The molecular formula is C24H46O5. The first-order valence-electron chi connectivity index (χ1n) is 12.1. The Hall–Kier alpha value is -0.460. The topological polar surface area (TPSA) is 79.2 Å². The summed E-state index contributed by atoms with van der Waals surface area (Å²) >= 11 is 0. The van der Waals surface area contributed by atoms with Gasteiger partial charge in [0, 0.05) is 6.61 Å². The molecule has 0 aromatic rings. The molecule has 1 aliphatic rings. The fourth-order valence-corrected chi connectivity index (χ4v) is 3.84. The summed E-state index contributed by atoms with van der Waals surface area (Å²) in [6.07, 6.45) is 19.7. The van der Waals surface area contributed by atoms with E-state index in [4.69, 9.17) is 14.6 Å². The Balaban J connectivity index is 1.88. The number of allylic oxidation sites excluding steroid dienone is 2. The van der Waals surface area contributed by atoms with E-state index in [9.17, 15) is 10.2 Å². The maximum absolute atomic E-state index is 9.88. The van der Waals surface area contributed by atoms with Crippen molar-refractivity contribution in [1.82, 2.24) is 0 Å². The molecule has 3 N–H and O–H groups in total. The zero-order chi connectivity index (χ0) is 21.2. The van der Waals surface area contributed by atoms with Gasteiger partial charge in [-0.05, 0) is 25.7 Å². The maximum atomic E-state index is 9.88. The molecule has 1 heterocycles. The van der Waals surface area contributed by atoms with E-state index in [1.54, 1.807) is 0 Å². The molecule has 0 bridgehead atoms. The van der Waals surface area contributed by atoms with Crippen molar-refractivity contribution in [2.75, 3.05) is 19.8 Å². The second kappa shape index (κ2) is 18.3. The van der Waals surface area contributed by atoms with Gasteiger partial charge in [0.25, 0.3) is 0 Å². The molecule has 0 spiro atoms. The lowest BCUT2D eigenvalue weighted by Crippen LogP contribution is -2.42. The maximum Gasteiger partial charge on any atom is 0.114 e. The summed E-state index contributed by atoms with van der Waals surface area (Å²) in [6.45, 7) is 2.54. The quantitative estimate of drug-likeness (QED) is 0.214. The van der Waals surface area contributed by atoms with Gasteiger partial charge in [0.15, 0.2) is 0 Å². The molecule has 0 aromatic carbocycles. The highest BCUT2D eigenvalue weighted by Gasteiger charge is 2.40. The van der Waals surface area contributed by atoms with Crippen LogP contribution in [0, 0.1) is 0 Å². The van der Waals surface area contributed by atoms with Gasteiger partial charge in [-0.3, -0.25) is 0 Å². The van der Waals surface area contributed by atoms with E-state index in [1.165, 1.54) is 70.6 Å². The molecule has 29 heavy (non-hydrogen) atoms. The van der Waals surface area contributed by atoms with Crippen molar-refractivity contribution in [2.45, 2.75) is 121 Å². The van der Waals surface area contributed by atoms with E-state index >= 15 is 0 Å². The highest BCUT2D eigenvalue weighted by molar-refractivity contribution is 4.89. The van der Waals surface area contributed by atoms with Crippen molar-refractivity contribution in [3.8, 4) is 0 Å². The van der Waals surface area contributed by atoms with Gasteiger partial charge in [-0.1, -0.05) is 83.3 Å². The summed E-state index contributed by atoms with van der Waals surface area (Å²) in [6, 6.07) is 0. The van der Waals surface area contributed by atoms with Gasteiger partial charge in [-0.25, -0.2) is 0 Å². The van der Waals surface area contributed by atoms with E-state index in [1.807, 2.05) is 0 Å². The number of unbranched alkanes of at least 4 members (excludes halogenated alkanes) is 12. The molecular weight excluding hydrogens is 368 g/mol. The van der Waals surface area contributed by atoms with E-state index in [0.29, 0.717) is 6.61 Å². The Morgan fingerprint density at radius 1 is 0.897 bits per heavy atom. The van der Waals surface area contributed by atoms with Crippen molar-refractivity contribution < 1.29 is 24.8 Å². The summed E-state index contributed by atoms with van der Waals surface area (Å²) in [5.74, 6) is 0. The lowest BCUT2D eigenvalue weighted by atomic mass is 10.1. The Kier molecular flexibility index (Phi) is 16.8. The number of hydrogen-bond acceptors (Lipinski definition) is 5. The van der Waals surface area contributed by atoms with Crippen molar-refractivity contribution in [3.05, 3.63) is 12.2 Å². The molecule has 0 saturated carbocycles. The molecule has 1 saturated heterocycles. The van der Waals surface area contributed by atoms with Gasteiger partial charge in [0.2, 0.25) is 0 Å². The first kappa shape index (κ1) is 26.6. The Labute approximate surface area is 178 Å². The molecule has 0 aromatic heterocycles. The number of aliphatic hydroxyl groups excluding tert-OH is 3. The highest BCUT2D eigenvalue weighted by atomic mass is 16.6. The molecule has 1 aliphatic heterocycles. The Morgan fingerprint density at radius 3 is 2.03 bits per heavy atom. The standard InChI is InChI=1S/C24H46O5/c1-2-3-4-5-6-7-8-9-10-11-12-13-14-15-16-17-18-28-24-22(27)20-29-23(24)21(26)19-25/h14-15,21-27H,2-13,16-20H2,1H3/b15-14+/t21-,22+,23-,24-/m0/s1. The van der Waals surface area contributed by atoms with Crippen LogP contribution in [-0.4, -0.2) is 59.6 Å². The third-order valence-electron chi connectivity index (χ3n) is 5.70. The summed E-state index contributed by atoms with van der Waals surface area (Å²) in [5.41, 5.74) is 0. The first-order valence-corrected chi connectivity index (χ1v) is 12.1.